The van der Waals surface area contributed by atoms with Gasteiger partial charge in [-0.25, -0.2) is 4.98 Å². The van der Waals surface area contributed by atoms with E-state index in [0.717, 1.165) is 10.6 Å². The summed E-state index contributed by atoms with van der Waals surface area (Å²) in [6.07, 6.45) is 0. The number of nitrogens with one attached hydrogen (secondary N) is 1. The Morgan fingerprint density at radius 3 is 2.68 bits per heavy atom. The molecule has 0 bridgehead atoms. The number of aromatic nitrogens is 1. The molecular weight excluding hydrogens is 386 g/mol. The van der Waals surface area contributed by atoms with Crippen LogP contribution in [-0.4, -0.2) is 22.4 Å². The van der Waals surface area contributed by atoms with Crippen molar-refractivity contribution in [2.45, 2.75) is 0 Å². The van der Waals surface area contributed by atoms with E-state index in [1.165, 1.54) is 46.9 Å². The third-order valence-electron chi connectivity index (χ3n) is 2.99. The highest BCUT2D eigenvalue weighted by atomic mass is 35.5. The number of anilines is 1. The quantitative estimate of drug-likeness (QED) is 0.491. The zero-order valence-electron chi connectivity index (χ0n) is 12.5. The summed E-state index contributed by atoms with van der Waals surface area (Å²) in [5, 5.41) is 15.5. The van der Waals surface area contributed by atoms with Crippen molar-refractivity contribution in [1.29, 1.82) is 0 Å². The summed E-state index contributed by atoms with van der Waals surface area (Å²) >= 11 is 8.61. The summed E-state index contributed by atoms with van der Waals surface area (Å²) in [6, 6.07) is 9.16. The van der Waals surface area contributed by atoms with Gasteiger partial charge in [-0.1, -0.05) is 11.6 Å². The van der Waals surface area contributed by atoms with Crippen LogP contribution in [-0.2, 0) is 4.79 Å². The molecule has 2 aromatic heterocycles. The Balaban J connectivity index is 1.54. The molecule has 3 rings (SSSR count). The fourth-order valence-electron chi connectivity index (χ4n) is 1.86. The topological polar surface area (TPSA) is 94.4 Å². The Hall–Kier alpha value is -2.49. The molecule has 0 atom stereocenters. The molecule has 0 radical (unpaired) electrons. The number of ether oxygens (including phenoxy) is 1. The number of hydrogen-bond donors (Lipinski definition) is 1. The molecule has 0 aliphatic rings. The van der Waals surface area contributed by atoms with Crippen LogP contribution < -0.4 is 10.1 Å². The molecule has 0 unspecified atom stereocenters. The van der Waals surface area contributed by atoms with Crippen molar-refractivity contribution in [2.75, 3.05) is 11.9 Å². The van der Waals surface area contributed by atoms with E-state index in [1.807, 2.05) is 11.4 Å². The second-order valence-electron chi connectivity index (χ2n) is 4.73. The molecule has 0 spiro atoms. The van der Waals surface area contributed by atoms with E-state index < -0.39 is 4.92 Å². The number of thiophene rings is 1. The highest BCUT2D eigenvalue weighted by molar-refractivity contribution is 7.20. The number of carbonyl (C=O) groups is 1. The Morgan fingerprint density at radius 1 is 1.28 bits per heavy atom. The first-order valence-corrected chi connectivity index (χ1v) is 8.97. The molecule has 1 aromatic carbocycles. The van der Waals surface area contributed by atoms with Crippen LogP contribution in [0.25, 0.3) is 10.6 Å². The Bertz CT molecular complexity index is 908. The lowest BCUT2D eigenvalue weighted by Gasteiger charge is -2.05. The molecule has 1 N–H and O–H groups in total. The molecule has 1 amide bonds. The number of nitro groups is 1. The van der Waals surface area contributed by atoms with Crippen LogP contribution in [0.1, 0.15) is 0 Å². The van der Waals surface area contributed by atoms with Crippen LogP contribution in [0, 0.1) is 10.1 Å². The van der Waals surface area contributed by atoms with E-state index in [2.05, 4.69) is 10.3 Å². The number of carbonyl (C=O) groups excluding carboxylic acids is 1. The average molecular weight is 396 g/mol. The smallest absolute Gasteiger partial charge is 0.269 e. The number of nitro benzene ring substituents is 1. The Morgan fingerprint density at radius 2 is 2.04 bits per heavy atom. The lowest BCUT2D eigenvalue weighted by atomic mass is 10.3. The van der Waals surface area contributed by atoms with Crippen molar-refractivity contribution in [2.24, 2.45) is 0 Å². The van der Waals surface area contributed by atoms with Gasteiger partial charge in [0.2, 0.25) is 0 Å². The van der Waals surface area contributed by atoms with Gasteiger partial charge in [-0.15, -0.1) is 22.7 Å². The summed E-state index contributed by atoms with van der Waals surface area (Å²) < 4.78 is 5.97. The summed E-state index contributed by atoms with van der Waals surface area (Å²) in [6.45, 7) is -0.225. The van der Waals surface area contributed by atoms with Crippen LogP contribution in [0.5, 0.6) is 5.75 Å². The van der Waals surface area contributed by atoms with Gasteiger partial charge >= 0.3 is 0 Å². The highest BCUT2D eigenvalue weighted by Gasteiger charge is 2.11. The van der Waals surface area contributed by atoms with E-state index in [-0.39, 0.29) is 18.2 Å². The minimum atomic E-state index is -0.503. The van der Waals surface area contributed by atoms with Gasteiger partial charge in [0.15, 0.2) is 11.7 Å². The number of hydrogen-bond acceptors (Lipinski definition) is 7. The minimum absolute atomic E-state index is 0.0409. The van der Waals surface area contributed by atoms with Crippen molar-refractivity contribution >= 4 is 51.0 Å². The predicted molar refractivity (Wildman–Crippen MR) is 97.7 cm³/mol. The molecule has 0 saturated carbocycles. The summed E-state index contributed by atoms with van der Waals surface area (Å²) in [5.74, 6) is -0.00253. The third-order valence-corrected chi connectivity index (χ3v) is 5.01. The number of thiazole rings is 1. The molecule has 128 valence electrons. The molecule has 0 fully saturated rings. The predicted octanol–water partition coefficient (Wildman–Crippen LogP) is 4.45. The molecule has 0 aliphatic carbocycles. The van der Waals surface area contributed by atoms with E-state index in [1.54, 1.807) is 6.07 Å². The molecule has 25 heavy (non-hydrogen) atoms. The van der Waals surface area contributed by atoms with Gasteiger partial charge in [0, 0.05) is 17.5 Å². The maximum Gasteiger partial charge on any atom is 0.269 e. The molecular formula is C15H10ClN3O4S2. The molecule has 3 aromatic rings. The monoisotopic (exact) mass is 395 g/mol. The average Bonchev–Trinajstić information content (AvgIpc) is 3.22. The van der Waals surface area contributed by atoms with Crippen LogP contribution >= 0.6 is 34.3 Å². The Kier molecular flexibility index (Phi) is 5.27. The molecule has 0 aliphatic heterocycles. The SMILES string of the molecule is O=C(COc1ccc([N+](=O)[O-])cc1)Nc1nc(-c2ccc(Cl)s2)cs1. The summed E-state index contributed by atoms with van der Waals surface area (Å²) in [5.41, 5.74) is 0.703. The van der Waals surface area contributed by atoms with E-state index in [0.29, 0.717) is 15.2 Å². The van der Waals surface area contributed by atoms with E-state index >= 15 is 0 Å². The lowest BCUT2D eigenvalue weighted by Crippen LogP contribution is -2.20. The van der Waals surface area contributed by atoms with Gasteiger partial charge in [-0.2, -0.15) is 0 Å². The van der Waals surface area contributed by atoms with Crippen molar-refractivity contribution < 1.29 is 14.5 Å². The minimum Gasteiger partial charge on any atom is -0.484 e. The first-order chi connectivity index (χ1) is 12.0. The first-order valence-electron chi connectivity index (χ1n) is 6.89. The van der Waals surface area contributed by atoms with Crippen molar-refractivity contribution in [3.63, 3.8) is 0 Å². The van der Waals surface area contributed by atoms with Gasteiger partial charge in [0.25, 0.3) is 11.6 Å². The van der Waals surface area contributed by atoms with Gasteiger partial charge < -0.3 is 4.74 Å². The fraction of sp³-hybridized carbons (Fsp3) is 0.0667. The second-order valence-corrected chi connectivity index (χ2v) is 7.30. The maximum absolute atomic E-state index is 11.9. The van der Waals surface area contributed by atoms with Crippen molar-refractivity contribution in [3.8, 4) is 16.3 Å². The largest absolute Gasteiger partial charge is 0.484 e. The summed E-state index contributed by atoms with van der Waals surface area (Å²) in [4.78, 5) is 27.2. The molecule has 0 saturated heterocycles. The zero-order chi connectivity index (χ0) is 17.8. The third kappa shape index (κ3) is 4.53. The first kappa shape index (κ1) is 17.3. The van der Waals surface area contributed by atoms with Crippen LogP contribution in [0.4, 0.5) is 10.8 Å². The maximum atomic E-state index is 11.9. The number of benzene rings is 1. The second kappa shape index (κ2) is 7.60. The number of rotatable bonds is 6. The fourth-order valence-corrected chi connectivity index (χ4v) is 3.67. The number of non-ortho nitro benzene ring substituents is 1. The van der Waals surface area contributed by atoms with Crippen molar-refractivity contribution in [1.82, 2.24) is 4.98 Å². The van der Waals surface area contributed by atoms with Crippen LogP contribution in [0.3, 0.4) is 0 Å². The molecule has 7 nitrogen and oxygen atoms in total. The standard InChI is InChI=1S/C15H10ClN3O4S2/c16-13-6-5-12(25-13)11-8-24-15(17-11)18-14(20)7-23-10-3-1-9(2-4-10)19(21)22/h1-6,8H,7H2,(H,17,18,20). The lowest BCUT2D eigenvalue weighted by molar-refractivity contribution is -0.384. The van der Waals surface area contributed by atoms with E-state index in [9.17, 15) is 14.9 Å². The Labute approximate surface area is 155 Å². The van der Waals surface area contributed by atoms with Crippen LogP contribution in [0.2, 0.25) is 4.34 Å². The van der Waals surface area contributed by atoms with Gasteiger partial charge in [0.05, 0.1) is 19.8 Å². The number of nitrogens with zero attached hydrogens (tertiary/aromatic N) is 2. The van der Waals surface area contributed by atoms with Crippen LogP contribution in [0.15, 0.2) is 41.8 Å². The van der Waals surface area contributed by atoms with Gasteiger partial charge in [-0.3, -0.25) is 20.2 Å². The molecule has 2 heterocycles. The number of amides is 1. The van der Waals surface area contributed by atoms with Crippen molar-refractivity contribution in [3.05, 3.63) is 56.2 Å². The number of halogens is 1. The van der Waals surface area contributed by atoms with Gasteiger partial charge in [-0.05, 0) is 24.3 Å². The normalized spacial score (nSPS) is 10.4. The summed E-state index contributed by atoms with van der Waals surface area (Å²) in [7, 11) is 0. The zero-order valence-corrected chi connectivity index (χ0v) is 14.9. The van der Waals surface area contributed by atoms with E-state index in [4.69, 9.17) is 16.3 Å². The van der Waals surface area contributed by atoms with Gasteiger partial charge in [0.1, 0.15) is 5.75 Å². The highest BCUT2D eigenvalue weighted by Crippen LogP contribution is 2.32. The molecule has 10 heteroatoms.